The molecular formula is C13H13ClN4O2. The molecule has 0 fully saturated rings. The number of non-ortho nitro benzene ring substituents is 1. The highest BCUT2D eigenvalue weighted by atomic mass is 35.5. The van der Waals surface area contributed by atoms with Crippen molar-refractivity contribution in [2.45, 2.75) is 19.9 Å². The minimum Gasteiger partial charge on any atom is -0.376 e. The molecule has 2 aromatic rings. The number of aromatic nitrogens is 2. The Morgan fingerprint density at radius 2 is 2.05 bits per heavy atom. The molecule has 1 aromatic heterocycles. The third-order valence-corrected chi connectivity index (χ3v) is 3.18. The molecule has 0 aliphatic carbocycles. The molecule has 0 saturated carbocycles. The predicted octanol–water partition coefficient (Wildman–Crippen LogP) is 3.52. The van der Waals surface area contributed by atoms with Crippen LogP contribution < -0.4 is 5.32 Å². The minimum atomic E-state index is -0.480. The predicted molar refractivity (Wildman–Crippen MR) is 76.9 cm³/mol. The molecule has 0 amide bonds. The van der Waals surface area contributed by atoms with Crippen molar-refractivity contribution in [1.82, 2.24) is 9.97 Å². The van der Waals surface area contributed by atoms with E-state index in [1.165, 1.54) is 12.1 Å². The highest BCUT2D eigenvalue weighted by Crippen LogP contribution is 2.29. The van der Waals surface area contributed by atoms with Crippen molar-refractivity contribution >= 4 is 23.0 Å². The topological polar surface area (TPSA) is 81.0 Å². The van der Waals surface area contributed by atoms with E-state index in [9.17, 15) is 10.1 Å². The molecule has 1 aromatic carbocycles. The second-order valence-electron chi connectivity index (χ2n) is 4.31. The number of nitro benzene ring substituents is 1. The van der Waals surface area contributed by atoms with Gasteiger partial charge in [-0.3, -0.25) is 20.1 Å². The first-order valence-electron chi connectivity index (χ1n) is 5.97. The van der Waals surface area contributed by atoms with Gasteiger partial charge in [-0.2, -0.15) is 0 Å². The van der Waals surface area contributed by atoms with Gasteiger partial charge in [0.1, 0.15) is 0 Å². The highest BCUT2D eigenvalue weighted by Gasteiger charge is 2.14. The first kappa shape index (κ1) is 14.2. The maximum Gasteiger partial charge on any atom is 0.271 e. The lowest BCUT2D eigenvalue weighted by molar-refractivity contribution is -0.384. The zero-order chi connectivity index (χ0) is 14.7. The summed E-state index contributed by atoms with van der Waals surface area (Å²) in [5, 5.41) is 14.1. The molecule has 1 N–H and O–H groups in total. The van der Waals surface area contributed by atoms with E-state index < -0.39 is 4.92 Å². The molecule has 0 radical (unpaired) electrons. The lowest BCUT2D eigenvalue weighted by atomic mass is 10.1. The van der Waals surface area contributed by atoms with E-state index in [0.29, 0.717) is 10.7 Å². The van der Waals surface area contributed by atoms with E-state index in [1.54, 1.807) is 18.5 Å². The summed E-state index contributed by atoms with van der Waals surface area (Å²) in [6.07, 6.45) is 3.25. The summed E-state index contributed by atoms with van der Waals surface area (Å²) in [4.78, 5) is 18.6. The van der Waals surface area contributed by atoms with Gasteiger partial charge in [-0.1, -0.05) is 11.6 Å². The molecule has 0 saturated heterocycles. The quantitative estimate of drug-likeness (QED) is 0.689. The number of anilines is 1. The standard InChI is InChI=1S/C13H13ClN4O2/c1-8-13(16-6-5-15-8)9(2)17-12-4-3-10(18(19)20)7-11(12)14/h3-7,9,17H,1-2H3. The number of nitrogens with one attached hydrogen (secondary N) is 1. The van der Waals surface area contributed by atoms with Gasteiger partial charge >= 0.3 is 0 Å². The van der Waals surface area contributed by atoms with Crippen LogP contribution >= 0.6 is 11.6 Å². The fourth-order valence-corrected chi connectivity index (χ4v) is 2.11. The lowest BCUT2D eigenvalue weighted by Gasteiger charge is -2.16. The Kier molecular flexibility index (Phi) is 4.14. The molecule has 104 valence electrons. The van der Waals surface area contributed by atoms with Crippen LogP contribution in [0.5, 0.6) is 0 Å². The van der Waals surface area contributed by atoms with Gasteiger partial charge in [-0.15, -0.1) is 0 Å². The Balaban J connectivity index is 2.22. The SMILES string of the molecule is Cc1nccnc1C(C)Nc1ccc([N+](=O)[O-])cc1Cl. The van der Waals surface area contributed by atoms with E-state index >= 15 is 0 Å². The number of aryl methyl sites for hydroxylation is 1. The molecule has 6 nitrogen and oxygen atoms in total. The molecule has 20 heavy (non-hydrogen) atoms. The van der Waals surface area contributed by atoms with E-state index in [1.807, 2.05) is 13.8 Å². The van der Waals surface area contributed by atoms with Gasteiger partial charge in [0.05, 0.1) is 33.1 Å². The Morgan fingerprint density at radius 1 is 1.35 bits per heavy atom. The Hall–Kier alpha value is -2.21. The zero-order valence-electron chi connectivity index (χ0n) is 11.0. The summed E-state index contributed by atoms with van der Waals surface area (Å²) in [6, 6.07) is 4.20. The van der Waals surface area contributed by atoms with Crippen molar-refractivity contribution in [2.75, 3.05) is 5.32 Å². The van der Waals surface area contributed by atoms with Gasteiger partial charge in [0, 0.05) is 24.5 Å². The molecule has 0 bridgehead atoms. The van der Waals surface area contributed by atoms with Crippen molar-refractivity contribution in [3.63, 3.8) is 0 Å². The third-order valence-electron chi connectivity index (χ3n) is 2.86. The molecule has 7 heteroatoms. The van der Waals surface area contributed by atoms with Crippen molar-refractivity contribution < 1.29 is 4.92 Å². The second-order valence-corrected chi connectivity index (χ2v) is 4.72. The average Bonchev–Trinajstić information content (AvgIpc) is 2.41. The van der Waals surface area contributed by atoms with Crippen LogP contribution in [0.1, 0.15) is 24.4 Å². The van der Waals surface area contributed by atoms with Gasteiger partial charge in [0.25, 0.3) is 5.69 Å². The summed E-state index contributed by atoms with van der Waals surface area (Å²) in [5.41, 5.74) is 2.21. The van der Waals surface area contributed by atoms with Crippen LogP contribution in [0.25, 0.3) is 0 Å². The fourth-order valence-electron chi connectivity index (χ4n) is 1.88. The van der Waals surface area contributed by atoms with Crippen LogP contribution in [0, 0.1) is 17.0 Å². The molecule has 1 heterocycles. The highest BCUT2D eigenvalue weighted by molar-refractivity contribution is 6.33. The number of rotatable bonds is 4. The minimum absolute atomic E-state index is 0.0381. The van der Waals surface area contributed by atoms with Gasteiger partial charge < -0.3 is 5.32 Å². The van der Waals surface area contributed by atoms with Gasteiger partial charge in [0.2, 0.25) is 0 Å². The number of hydrogen-bond donors (Lipinski definition) is 1. The van der Waals surface area contributed by atoms with Crippen LogP contribution in [0.2, 0.25) is 5.02 Å². The van der Waals surface area contributed by atoms with E-state index in [0.717, 1.165) is 11.4 Å². The smallest absolute Gasteiger partial charge is 0.271 e. The summed E-state index contributed by atoms with van der Waals surface area (Å²) in [5.74, 6) is 0. The van der Waals surface area contributed by atoms with Crippen molar-refractivity contribution in [1.29, 1.82) is 0 Å². The van der Waals surface area contributed by atoms with Crippen LogP contribution in [-0.2, 0) is 0 Å². The Labute approximate surface area is 121 Å². The molecule has 1 unspecified atom stereocenters. The van der Waals surface area contributed by atoms with E-state index in [2.05, 4.69) is 15.3 Å². The summed E-state index contributed by atoms with van der Waals surface area (Å²) < 4.78 is 0. The Morgan fingerprint density at radius 3 is 2.65 bits per heavy atom. The third kappa shape index (κ3) is 3.03. The number of nitro groups is 1. The largest absolute Gasteiger partial charge is 0.376 e. The molecule has 2 rings (SSSR count). The molecule has 0 aliphatic rings. The van der Waals surface area contributed by atoms with Gasteiger partial charge in [0.15, 0.2) is 0 Å². The van der Waals surface area contributed by atoms with Crippen LogP contribution in [0.4, 0.5) is 11.4 Å². The second kappa shape index (κ2) is 5.83. The number of halogens is 1. The van der Waals surface area contributed by atoms with Crippen molar-refractivity contribution in [3.05, 3.63) is 57.1 Å². The van der Waals surface area contributed by atoms with Crippen LogP contribution in [0.3, 0.4) is 0 Å². The normalized spacial score (nSPS) is 11.9. The summed E-state index contributed by atoms with van der Waals surface area (Å²) >= 11 is 6.04. The van der Waals surface area contributed by atoms with Crippen LogP contribution in [-0.4, -0.2) is 14.9 Å². The first-order valence-corrected chi connectivity index (χ1v) is 6.35. The number of nitrogens with zero attached hydrogens (tertiary/aromatic N) is 3. The number of hydrogen-bond acceptors (Lipinski definition) is 5. The summed E-state index contributed by atoms with van der Waals surface area (Å²) in [6.45, 7) is 3.80. The van der Waals surface area contributed by atoms with E-state index in [4.69, 9.17) is 11.6 Å². The van der Waals surface area contributed by atoms with Crippen LogP contribution in [0.15, 0.2) is 30.6 Å². The lowest BCUT2D eigenvalue weighted by Crippen LogP contribution is -2.11. The molecule has 0 spiro atoms. The van der Waals surface area contributed by atoms with Crippen molar-refractivity contribution in [2.24, 2.45) is 0 Å². The number of benzene rings is 1. The van der Waals surface area contributed by atoms with Crippen molar-refractivity contribution in [3.8, 4) is 0 Å². The summed E-state index contributed by atoms with van der Waals surface area (Å²) in [7, 11) is 0. The molecule has 0 aliphatic heterocycles. The van der Waals surface area contributed by atoms with Gasteiger partial charge in [-0.05, 0) is 19.9 Å². The monoisotopic (exact) mass is 292 g/mol. The first-order chi connectivity index (χ1) is 9.49. The van der Waals surface area contributed by atoms with E-state index in [-0.39, 0.29) is 11.7 Å². The molecular weight excluding hydrogens is 280 g/mol. The average molecular weight is 293 g/mol. The fraction of sp³-hybridized carbons (Fsp3) is 0.231. The molecule has 1 atom stereocenters. The Bertz CT molecular complexity index is 648. The maximum atomic E-state index is 10.7. The zero-order valence-corrected chi connectivity index (χ0v) is 11.8. The van der Waals surface area contributed by atoms with Gasteiger partial charge in [-0.25, -0.2) is 0 Å². The maximum absolute atomic E-state index is 10.7.